The number of fused-ring (bicyclic) bond motifs is 1. The first-order valence-electron chi connectivity index (χ1n) is 12.2. The lowest BCUT2D eigenvalue weighted by Gasteiger charge is -2.49. The van der Waals surface area contributed by atoms with Crippen molar-refractivity contribution >= 4 is 69.8 Å². The first kappa shape index (κ1) is 28.3. The van der Waals surface area contributed by atoms with Gasteiger partial charge in [-0.1, -0.05) is 72.3 Å². The molecule has 3 aromatic carbocycles. The van der Waals surface area contributed by atoms with Crippen molar-refractivity contribution in [2.75, 3.05) is 11.5 Å². The number of hydrogen-bond acceptors (Lipinski definition) is 7. The molecule has 40 heavy (non-hydrogen) atoms. The van der Waals surface area contributed by atoms with Gasteiger partial charge in [-0.3, -0.25) is 19.3 Å². The van der Waals surface area contributed by atoms with Gasteiger partial charge in [0.2, 0.25) is 5.91 Å². The molecule has 1 unspecified atom stereocenters. The number of β-lactam (4-membered cyclic amide) rings is 1. The van der Waals surface area contributed by atoms with Crippen LogP contribution in [0.3, 0.4) is 0 Å². The Morgan fingerprint density at radius 3 is 2.15 bits per heavy atom. The van der Waals surface area contributed by atoms with Gasteiger partial charge in [0.25, 0.3) is 11.1 Å². The second kappa shape index (κ2) is 12.5. The maximum absolute atomic E-state index is 13.6. The standard InChI is InChI=1S/C29H22Cl2N2O5S2/c30-19-11-13-20(14-12-19)39-16-22(34)32-23-27(36)33-24(21(26(31)35)15-40-28(23)33)29(37)38-25(17-7-3-1-4-8-17)18-9-5-2-6-10-18/h1-14,23,25,28H,15-16H2,(H,32,34)/t23?,28-/m1/s1. The van der Waals surface area contributed by atoms with E-state index in [-0.39, 0.29) is 28.7 Å². The van der Waals surface area contributed by atoms with Crippen molar-refractivity contribution < 1.29 is 23.9 Å². The Morgan fingerprint density at radius 1 is 0.975 bits per heavy atom. The smallest absolute Gasteiger partial charge is 0.356 e. The topological polar surface area (TPSA) is 92.8 Å². The monoisotopic (exact) mass is 612 g/mol. The highest BCUT2D eigenvalue weighted by atomic mass is 35.5. The van der Waals surface area contributed by atoms with Crippen LogP contribution >= 0.6 is 46.7 Å². The molecule has 1 fully saturated rings. The van der Waals surface area contributed by atoms with Crippen LogP contribution in [0.4, 0.5) is 0 Å². The molecule has 2 heterocycles. The summed E-state index contributed by atoms with van der Waals surface area (Å²) in [7, 11) is 0. The maximum Gasteiger partial charge on any atom is 0.356 e. The fraction of sp³-hybridized carbons (Fsp3) is 0.172. The Bertz CT molecular complexity index is 1430. The summed E-state index contributed by atoms with van der Waals surface area (Å²) < 4.78 is 5.94. The lowest BCUT2D eigenvalue weighted by Crippen LogP contribution is -2.70. The first-order valence-corrected chi connectivity index (χ1v) is 15.0. The molecule has 0 spiro atoms. The van der Waals surface area contributed by atoms with Crippen molar-refractivity contribution in [3.05, 3.63) is 112 Å². The van der Waals surface area contributed by atoms with Gasteiger partial charge in [-0.2, -0.15) is 0 Å². The molecule has 2 aliphatic heterocycles. The summed E-state index contributed by atoms with van der Waals surface area (Å²) in [5, 5.41) is 1.93. The second-order valence-electron chi connectivity index (χ2n) is 8.91. The number of carbonyl (C=O) groups is 4. The summed E-state index contributed by atoms with van der Waals surface area (Å²) in [6.07, 6.45) is -0.779. The van der Waals surface area contributed by atoms with Crippen LogP contribution in [0.2, 0.25) is 5.02 Å². The number of rotatable bonds is 9. The average molecular weight is 614 g/mol. The van der Waals surface area contributed by atoms with Gasteiger partial charge in [0, 0.05) is 15.7 Å². The number of carbonyl (C=O) groups excluding carboxylic acids is 4. The van der Waals surface area contributed by atoms with Crippen molar-refractivity contribution in [1.29, 1.82) is 0 Å². The van der Waals surface area contributed by atoms with E-state index in [1.54, 1.807) is 24.3 Å². The maximum atomic E-state index is 13.6. The van der Waals surface area contributed by atoms with Crippen LogP contribution < -0.4 is 5.32 Å². The quantitative estimate of drug-likeness (QED) is 0.154. The molecule has 3 aromatic rings. The van der Waals surface area contributed by atoms with Crippen molar-refractivity contribution in [2.45, 2.75) is 22.4 Å². The predicted molar refractivity (Wildman–Crippen MR) is 156 cm³/mol. The molecule has 0 radical (unpaired) electrons. The summed E-state index contributed by atoms with van der Waals surface area (Å²) in [4.78, 5) is 53.8. The Labute approximate surface area is 249 Å². The molecule has 204 valence electrons. The van der Waals surface area contributed by atoms with E-state index in [4.69, 9.17) is 27.9 Å². The molecule has 2 atom stereocenters. The van der Waals surface area contributed by atoms with E-state index in [9.17, 15) is 19.2 Å². The molecule has 11 heteroatoms. The molecule has 1 N–H and O–H groups in total. The van der Waals surface area contributed by atoms with Gasteiger partial charge in [0.05, 0.1) is 11.3 Å². The summed E-state index contributed by atoms with van der Waals surface area (Å²) >= 11 is 14.3. The molecule has 1 saturated heterocycles. The number of halogens is 2. The number of nitrogens with one attached hydrogen (secondary N) is 1. The van der Waals surface area contributed by atoms with Gasteiger partial charge in [0.1, 0.15) is 17.1 Å². The Kier molecular flexibility index (Phi) is 8.85. The normalized spacial score (nSPS) is 18.2. The third-order valence-corrected chi connectivity index (χ3v) is 9.10. The van der Waals surface area contributed by atoms with E-state index in [0.29, 0.717) is 5.02 Å². The third-order valence-electron chi connectivity index (χ3n) is 6.33. The molecule has 7 nitrogen and oxygen atoms in total. The minimum atomic E-state index is -0.850. The zero-order valence-corrected chi connectivity index (χ0v) is 23.9. The van der Waals surface area contributed by atoms with Crippen LogP contribution in [0.1, 0.15) is 17.2 Å². The van der Waals surface area contributed by atoms with Gasteiger partial charge in [-0.15, -0.1) is 23.5 Å². The van der Waals surface area contributed by atoms with Crippen molar-refractivity contribution in [1.82, 2.24) is 10.2 Å². The van der Waals surface area contributed by atoms with E-state index < -0.39 is 34.6 Å². The van der Waals surface area contributed by atoms with E-state index in [2.05, 4.69) is 5.32 Å². The van der Waals surface area contributed by atoms with Crippen molar-refractivity contribution in [3.63, 3.8) is 0 Å². The summed E-state index contributed by atoms with van der Waals surface area (Å²) in [6.45, 7) is 0. The lowest BCUT2D eigenvalue weighted by atomic mass is 10.0. The predicted octanol–water partition coefficient (Wildman–Crippen LogP) is 5.18. The highest BCUT2D eigenvalue weighted by Crippen LogP contribution is 2.42. The first-order chi connectivity index (χ1) is 19.3. The molecular formula is C29H22Cl2N2O5S2. The average Bonchev–Trinajstić information content (AvgIpc) is 2.98. The van der Waals surface area contributed by atoms with Crippen LogP contribution in [0.5, 0.6) is 0 Å². The lowest BCUT2D eigenvalue weighted by molar-refractivity contribution is -0.154. The molecule has 5 rings (SSSR count). The van der Waals surface area contributed by atoms with Gasteiger partial charge in [0.15, 0.2) is 6.10 Å². The van der Waals surface area contributed by atoms with Gasteiger partial charge in [-0.05, 0) is 47.0 Å². The number of esters is 1. The summed E-state index contributed by atoms with van der Waals surface area (Å²) in [6, 6.07) is 24.6. The van der Waals surface area contributed by atoms with Gasteiger partial charge in [-0.25, -0.2) is 4.79 Å². The van der Waals surface area contributed by atoms with Crippen LogP contribution in [0.15, 0.2) is 101 Å². The Balaban J connectivity index is 1.33. The van der Waals surface area contributed by atoms with Crippen molar-refractivity contribution in [2.24, 2.45) is 0 Å². The second-order valence-corrected chi connectivity index (χ2v) is 11.8. The minimum Gasteiger partial charge on any atom is -0.448 e. The molecule has 0 bridgehead atoms. The van der Waals surface area contributed by atoms with E-state index in [1.807, 2.05) is 60.7 Å². The SMILES string of the molecule is O=C(CSc1ccc(Cl)cc1)NC1C(=O)N2C(C(=O)OC(c3ccccc3)c3ccccc3)=C(C(=O)Cl)CS[C@H]12. The molecule has 0 aliphatic carbocycles. The number of ether oxygens (including phenoxy) is 1. The molecule has 0 aromatic heterocycles. The van der Waals surface area contributed by atoms with Crippen LogP contribution in [-0.2, 0) is 23.9 Å². The summed E-state index contributed by atoms with van der Waals surface area (Å²) in [5.74, 6) is -1.51. The van der Waals surface area contributed by atoms with Gasteiger partial charge < -0.3 is 10.1 Å². The van der Waals surface area contributed by atoms with Gasteiger partial charge >= 0.3 is 5.97 Å². The van der Waals surface area contributed by atoms with Crippen LogP contribution in [0.25, 0.3) is 0 Å². The largest absolute Gasteiger partial charge is 0.448 e. The number of amides is 2. The van der Waals surface area contributed by atoms with E-state index in [0.717, 1.165) is 16.0 Å². The number of nitrogens with zero attached hydrogens (tertiary/aromatic N) is 1. The zero-order valence-electron chi connectivity index (χ0n) is 20.8. The highest BCUT2D eigenvalue weighted by Gasteiger charge is 2.55. The molecule has 2 aliphatic rings. The Morgan fingerprint density at radius 2 is 1.57 bits per heavy atom. The molecular weight excluding hydrogens is 591 g/mol. The third kappa shape index (κ3) is 6.07. The fourth-order valence-electron chi connectivity index (χ4n) is 4.40. The fourth-order valence-corrected chi connectivity index (χ4v) is 6.81. The van der Waals surface area contributed by atoms with E-state index >= 15 is 0 Å². The van der Waals surface area contributed by atoms with Crippen molar-refractivity contribution in [3.8, 4) is 0 Å². The molecule has 0 saturated carbocycles. The highest BCUT2D eigenvalue weighted by molar-refractivity contribution is 8.00. The number of thioether (sulfide) groups is 2. The summed E-state index contributed by atoms with van der Waals surface area (Å²) in [5.41, 5.74) is 1.25. The Hall–Kier alpha value is -3.24. The number of benzene rings is 3. The van der Waals surface area contributed by atoms with E-state index in [1.165, 1.54) is 28.4 Å². The zero-order chi connectivity index (χ0) is 28.2. The van der Waals surface area contributed by atoms with Crippen LogP contribution in [0, 0.1) is 0 Å². The molecule has 2 amide bonds. The van der Waals surface area contributed by atoms with Crippen LogP contribution in [-0.4, -0.2) is 50.8 Å². The number of hydrogen-bond donors (Lipinski definition) is 1. The minimum absolute atomic E-state index is 0.00999.